The van der Waals surface area contributed by atoms with Crippen molar-refractivity contribution in [3.63, 3.8) is 0 Å². The van der Waals surface area contributed by atoms with Gasteiger partial charge in [0.15, 0.2) is 0 Å². The molecule has 2 N–H and O–H groups in total. The molecule has 0 amide bonds. The summed E-state index contributed by atoms with van der Waals surface area (Å²) in [7, 11) is 0. The van der Waals surface area contributed by atoms with Gasteiger partial charge in [0.25, 0.3) is 0 Å². The van der Waals surface area contributed by atoms with Crippen molar-refractivity contribution in [1.29, 1.82) is 0 Å². The minimum absolute atomic E-state index is 0.441. The minimum Gasteiger partial charge on any atom is -0.467 e. The zero-order valence-electron chi connectivity index (χ0n) is 12.1. The van der Waals surface area contributed by atoms with Gasteiger partial charge in [0.2, 0.25) is 0 Å². The van der Waals surface area contributed by atoms with Gasteiger partial charge in [0.05, 0.1) is 24.0 Å². The van der Waals surface area contributed by atoms with Crippen LogP contribution >= 0.6 is 0 Å². The number of hydrogen-bond donors (Lipinski definition) is 1. The highest BCUT2D eigenvalue weighted by Crippen LogP contribution is 2.28. The number of furan rings is 1. The van der Waals surface area contributed by atoms with Crippen LogP contribution in [0.5, 0.6) is 0 Å². The van der Waals surface area contributed by atoms with Crippen molar-refractivity contribution in [2.75, 3.05) is 11.4 Å². The zero-order valence-corrected chi connectivity index (χ0v) is 12.1. The van der Waals surface area contributed by atoms with E-state index in [1.165, 1.54) is 0 Å². The van der Waals surface area contributed by atoms with Crippen LogP contribution in [-0.4, -0.2) is 11.5 Å². The Morgan fingerprint density at radius 1 is 1.19 bits per heavy atom. The molecule has 3 rings (SSSR count). The van der Waals surface area contributed by atoms with Crippen LogP contribution in [-0.2, 0) is 13.1 Å². The van der Waals surface area contributed by atoms with Crippen LogP contribution in [0.15, 0.2) is 53.1 Å². The SMILES string of the molecule is CCN(Cc1ccco1)c1cc(CN)nc2ccccc12. The molecule has 0 atom stereocenters. The molecule has 4 heteroatoms. The largest absolute Gasteiger partial charge is 0.467 e. The van der Waals surface area contributed by atoms with E-state index < -0.39 is 0 Å². The van der Waals surface area contributed by atoms with E-state index in [2.05, 4.69) is 28.9 Å². The van der Waals surface area contributed by atoms with Crippen LogP contribution in [0.4, 0.5) is 5.69 Å². The number of aromatic nitrogens is 1. The van der Waals surface area contributed by atoms with E-state index >= 15 is 0 Å². The van der Waals surface area contributed by atoms with Gasteiger partial charge in [0, 0.05) is 24.2 Å². The highest BCUT2D eigenvalue weighted by molar-refractivity contribution is 5.91. The third-order valence-corrected chi connectivity index (χ3v) is 3.61. The summed E-state index contributed by atoms with van der Waals surface area (Å²) in [6, 6.07) is 14.2. The van der Waals surface area contributed by atoms with E-state index in [9.17, 15) is 0 Å². The van der Waals surface area contributed by atoms with Gasteiger partial charge in [-0.2, -0.15) is 0 Å². The van der Waals surface area contributed by atoms with Crippen LogP contribution in [0, 0.1) is 0 Å². The van der Waals surface area contributed by atoms with Gasteiger partial charge >= 0.3 is 0 Å². The number of nitrogens with two attached hydrogens (primary N) is 1. The second-order valence-electron chi connectivity index (χ2n) is 4.95. The lowest BCUT2D eigenvalue weighted by atomic mass is 10.1. The number of pyridine rings is 1. The van der Waals surface area contributed by atoms with Crippen molar-refractivity contribution in [3.05, 3.63) is 60.2 Å². The predicted molar refractivity (Wildman–Crippen MR) is 85.1 cm³/mol. The number of fused-ring (bicyclic) bond motifs is 1. The first-order valence-electron chi connectivity index (χ1n) is 7.18. The van der Waals surface area contributed by atoms with Crippen molar-refractivity contribution < 1.29 is 4.42 Å². The second kappa shape index (κ2) is 5.97. The Balaban J connectivity index is 2.07. The Labute approximate surface area is 124 Å². The predicted octanol–water partition coefficient (Wildman–Crippen LogP) is 3.31. The molecule has 21 heavy (non-hydrogen) atoms. The molecule has 0 radical (unpaired) electrons. The second-order valence-corrected chi connectivity index (χ2v) is 4.95. The molecule has 2 aromatic heterocycles. The van der Waals surface area contributed by atoms with E-state index in [-0.39, 0.29) is 0 Å². The molecule has 3 aromatic rings. The third-order valence-electron chi connectivity index (χ3n) is 3.61. The fourth-order valence-electron chi connectivity index (χ4n) is 2.53. The topological polar surface area (TPSA) is 55.3 Å². The van der Waals surface area contributed by atoms with Crippen molar-refractivity contribution in [3.8, 4) is 0 Å². The van der Waals surface area contributed by atoms with Gasteiger partial charge in [0.1, 0.15) is 5.76 Å². The summed E-state index contributed by atoms with van der Waals surface area (Å²) in [5.41, 5.74) is 8.82. The molecule has 0 fully saturated rings. The molecule has 4 nitrogen and oxygen atoms in total. The highest BCUT2D eigenvalue weighted by Gasteiger charge is 2.12. The maximum Gasteiger partial charge on any atom is 0.123 e. The quantitative estimate of drug-likeness (QED) is 0.779. The molecule has 0 aliphatic carbocycles. The van der Waals surface area contributed by atoms with E-state index in [0.29, 0.717) is 6.54 Å². The molecule has 2 heterocycles. The van der Waals surface area contributed by atoms with Crippen LogP contribution in [0.1, 0.15) is 18.4 Å². The molecule has 0 saturated heterocycles. The van der Waals surface area contributed by atoms with Gasteiger partial charge in [-0.15, -0.1) is 0 Å². The van der Waals surface area contributed by atoms with Crippen LogP contribution < -0.4 is 10.6 Å². The Morgan fingerprint density at radius 3 is 2.76 bits per heavy atom. The van der Waals surface area contributed by atoms with Crippen molar-refractivity contribution in [1.82, 2.24) is 4.98 Å². The molecule has 108 valence electrons. The first-order valence-corrected chi connectivity index (χ1v) is 7.18. The summed E-state index contributed by atoms with van der Waals surface area (Å²) >= 11 is 0. The molecule has 1 aromatic carbocycles. The average molecular weight is 281 g/mol. The molecular weight excluding hydrogens is 262 g/mol. The molecule has 0 aliphatic heterocycles. The lowest BCUT2D eigenvalue weighted by Gasteiger charge is -2.24. The van der Waals surface area contributed by atoms with Gasteiger partial charge in [-0.3, -0.25) is 4.98 Å². The summed E-state index contributed by atoms with van der Waals surface area (Å²) in [4.78, 5) is 6.87. The van der Waals surface area contributed by atoms with E-state index in [4.69, 9.17) is 10.2 Å². The molecule has 0 spiro atoms. The maximum absolute atomic E-state index is 5.79. The minimum atomic E-state index is 0.441. The number of anilines is 1. The monoisotopic (exact) mass is 281 g/mol. The smallest absolute Gasteiger partial charge is 0.123 e. The molecular formula is C17H19N3O. The number of benzene rings is 1. The number of hydrogen-bond acceptors (Lipinski definition) is 4. The lowest BCUT2D eigenvalue weighted by molar-refractivity contribution is 0.504. The lowest BCUT2D eigenvalue weighted by Crippen LogP contribution is -2.22. The van der Waals surface area contributed by atoms with Crippen molar-refractivity contribution >= 4 is 16.6 Å². The van der Waals surface area contributed by atoms with Crippen molar-refractivity contribution in [2.24, 2.45) is 5.73 Å². The summed E-state index contributed by atoms with van der Waals surface area (Å²) in [6.45, 7) is 4.20. The van der Waals surface area contributed by atoms with Crippen LogP contribution in [0.3, 0.4) is 0 Å². The third kappa shape index (κ3) is 2.76. The number of nitrogens with zero attached hydrogens (tertiary/aromatic N) is 2. The van der Waals surface area contributed by atoms with E-state index in [1.807, 2.05) is 30.3 Å². The summed E-state index contributed by atoms with van der Waals surface area (Å²) < 4.78 is 5.47. The Hall–Kier alpha value is -2.33. The zero-order chi connectivity index (χ0) is 14.7. The molecule has 0 unspecified atom stereocenters. The van der Waals surface area contributed by atoms with Gasteiger partial charge in [-0.1, -0.05) is 18.2 Å². The van der Waals surface area contributed by atoms with Gasteiger partial charge in [-0.05, 0) is 31.2 Å². The van der Waals surface area contributed by atoms with Crippen LogP contribution in [0.2, 0.25) is 0 Å². The van der Waals surface area contributed by atoms with Gasteiger partial charge < -0.3 is 15.1 Å². The fourth-order valence-corrected chi connectivity index (χ4v) is 2.53. The van der Waals surface area contributed by atoms with E-state index in [0.717, 1.165) is 41.1 Å². The summed E-state index contributed by atoms with van der Waals surface area (Å²) in [5.74, 6) is 0.951. The van der Waals surface area contributed by atoms with Crippen molar-refractivity contribution in [2.45, 2.75) is 20.0 Å². The maximum atomic E-state index is 5.79. The Bertz CT molecular complexity index is 722. The summed E-state index contributed by atoms with van der Waals surface area (Å²) in [6.07, 6.45) is 1.71. The molecule has 0 bridgehead atoms. The normalized spacial score (nSPS) is 11.0. The molecule has 0 aliphatic rings. The number of para-hydroxylation sites is 1. The first kappa shape index (κ1) is 13.6. The molecule has 0 saturated carbocycles. The Kier molecular flexibility index (Phi) is 3.88. The average Bonchev–Trinajstić information content (AvgIpc) is 3.04. The Morgan fingerprint density at radius 2 is 2.05 bits per heavy atom. The van der Waals surface area contributed by atoms with Crippen LogP contribution in [0.25, 0.3) is 10.9 Å². The fraction of sp³-hybridized carbons (Fsp3) is 0.235. The first-order chi connectivity index (χ1) is 10.3. The number of rotatable bonds is 5. The van der Waals surface area contributed by atoms with E-state index in [1.54, 1.807) is 6.26 Å². The standard InChI is InChI=1S/C17H19N3O/c1-2-20(12-14-6-5-9-21-14)17-10-13(11-18)19-16-8-4-3-7-15(16)17/h3-10H,2,11-12,18H2,1H3. The highest BCUT2D eigenvalue weighted by atomic mass is 16.3. The van der Waals surface area contributed by atoms with Gasteiger partial charge in [-0.25, -0.2) is 0 Å². The summed E-state index contributed by atoms with van der Waals surface area (Å²) in [5, 5.41) is 1.14.